The molecule has 4 nitrogen and oxygen atoms in total. The van der Waals surface area contributed by atoms with Gasteiger partial charge in [-0.05, 0) is 24.9 Å². The van der Waals surface area contributed by atoms with Crippen LogP contribution in [0.1, 0.15) is 16.2 Å². The van der Waals surface area contributed by atoms with Gasteiger partial charge in [-0.3, -0.25) is 9.80 Å². The first-order valence-corrected chi connectivity index (χ1v) is 9.09. The molecule has 3 heterocycles. The van der Waals surface area contributed by atoms with Crippen molar-refractivity contribution in [3.63, 3.8) is 0 Å². The van der Waals surface area contributed by atoms with E-state index in [0.717, 1.165) is 24.5 Å². The largest absolute Gasteiger partial charge is 0.375 e. The van der Waals surface area contributed by atoms with Crippen LogP contribution in [0.25, 0.3) is 0 Å². The van der Waals surface area contributed by atoms with Crippen molar-refractivity contribution in [1.29, 1.82) is 0 Å². The smallest absolute Gasteiger partial charge is 0.180 e. The minimum atomic E-state index is -0.711. The van der Waals surface area contributed by atoms with Crippen LogP contribution in [0.2, 0.25) is 0 Å². The monoisotopic (exact) mass is 340 g/mol. The number of rotatable bonds is 6. The summed E-state index contributed by atoms with van der Waals surface area (Å²) < 4.78 is 13.9. The topological polar surface area (TPSA) is 45.4 Å². The molecule has 3 rings (SSSR count). The minimum Gasteiger partial charge on any atom is -0.375 e. The number of aromatic nitrogens is 1. The van der Waals surface area contributed by atoms with Crippen LogP contribution in [-0.2, 0) is 13.1 Å². The predicted molar refractivity (Wildman–Crippen MR) is 90.9 cm³/mol. The van der Waals surface area contributed by atoms with E-state index in [1.807, 2.05) is 6.20 Å². The van der Waals surface area contributed by atoms with Crippen molar-refractivity contribution in [3.8, 4) is 0 Å². The maximum Gasteiger partial charge on any atom is 0.180 e. The van der Waals surface area contributed by atoms with Crippen LogP contribution in [-0.4, -0.2) is 47.1 Å². The highest BCUT2D eigenvalue weighted by molar-refractivity contribution is 7.15. The van der Waals surface area contributed by atoms with E-state index in [4.69, 9.17) is 5.73 Å². The lowest BCUT2D eigenvalue weighted by Crippen LogP contribution is -2.38. The molecule has 0 saturated carbocycles. The minimum absolute atomic E-state index is 0.271. The molecular weight excluding hydrogens is 319 g/mol. The molecule has 0 bridgehead atoms. The van der Waals surface area contributed by atoms with Gasteiger partial charge in [0.05, 0.1) is 0 Å². The summed E-state index contributed by atoms with van der Waals surface area (Å²) in [6.07, 6.45) is 1.74. The van der Waals surface area contributed by atoms with Gasteiger partial charge in [0.25, 0.3) is 0 Å². The predicted octanol–water partition coefficient (Wildman–Crippen LogP) is 2.83. The summed E-state index contributed by atoms with van der Waals surface area (Å²) in [7, 11) is 2.07. The molecule has 1 aliphatic rings. The average molecular weight is 340 g/mol. The number of thiazole rings is 1. The van der Waals surface area contributed by atoms with Crippen molar-refractivity contribution < 1.29 is 4.39 Å². The normalized spacial score (nSPS) is 22.7. The van der Waals surface area contributed by atoms with E-state index in [1.165, 1.54) is 16.2 Å². The Labute approximate surface area is 138 Å². The summed E-state index contributed by atoms with van der Waals surface area (Å²) >= 11 is 3.26. The summed E-state index contributed by atoms with van der Waals surface area (Å²) in [5.41, 5.74) is 5.67. The summed E-state index contributed by atoms with van der Waals surface area (Å²) in [5.74, 6) is 0. The molecule has 2 atom stereocenters. The lowest BCUT2D eigenvalue weighted by Gasteiger charge is -2.27. The number of alkyl halides is 1. The van der Waals surface area contributed by atoms with Crippen LogP contribution >= 0.6 is 22.7 Å². The molecule has 0 aliphatic carbocycles. The average Bonchev–Trinajstić information content (AvgIpc) is 3.15. The molecule has 2 N–H and O–H groups in total. The van der Waals surface area contributed by atoms with Gasteiger partial charge in [-0.1, -0.05) is 6.07 Å². The van der Waals surface area contributed by atoms with Gasteiger partial charge in [0.15, 0.2) is 5.13 Å². The van der Waals surface area contributed by atoms with E-state index < -0.39 is 6.17 Å². The van der Waals surface area contributed by atoms with Crippen molar-refractivity contribution in [2.45, 2.75) is 31.7 Å². The molecule has 120 valence electrons. The zero-order valence-electron chi connectivity index (χ0n) is 12.6. The summed E-state index contributed by atoms with van der Waals surface area (Å²) in [5, 5.41) is 2.68. The molecule has 7 heteroatoms. The van der Waals surface area contributed by atoms with E-state index in [2.05, 4.69) is 39.3 Å². The first-order valence-electron chi connectivity index (χ1n) is 7.39. The van der Waals surface area contributed by atoms with Gasteiger partial charge in [-0.15, -0.1) is 22.7 Å². The first kappa shape index (κ1) is 15.9. The molecule has 0 unspecified atom stereocenters. The number of hydrogen-bond donors (Lipinski definition) is 1. The van der Waals surface area contributed by atoms with Crippen molar-refractivity contribution in [3.05, 3.63) is 33.5 Å². The molecule has 1 saturated heterocycles. The van der Waals surface area contributed by atoms with Gasteiger partial charge in [0, 0.05) is 48.2 Å². The molecule has 22 heavy (non-hydrogen) atoms. The third-order valence-electron chi connectivity index (χ3n) is 3.94. The van der Waals surface area contributed by atoms with Crippen molar-refractivity contribution in [2.24, 2.45) is 0 Å². The zero-order chi connectivity index (χ0) is 15.5. The van der Waals surface area contributed by atoms with Crippen LogP contribution in [0, 0.1) is 0 Å². The summed E-state index contributed by atoms with van der Waals surface area (Å²) in [6, 6.07) is 4.45. The van der Waals surface area contributed by atoms with Crippen LogP contribution in [0.4, 0.5) is 9.52 Å². The lowest BCUT2D eigenvalue weighted by molar-refractivity contribution is 0.182. The number of likely N-dealkylation sites (tertiary alicyclic amines) is 1. The molecule has 1 aliphatic heterocycles. The molecule has 0 aromatic carbocycles. The number of anilines is 1. The van der Waals surface area contributed by atoms with Crippen LogP contribution in [0.5, 0.6) is 0 Å². The Bertz CT molecular complexity index is 586. The molecule has 2 aromatic rings. The Morgan fingerprint density at radius 1 is 1.50 bits per heavy atom. The number of nitrogens with zero attached hydrogens (tertiary/aromatic N) is 3. The summed E-state index contributed by atoms with van der Waals surface area (Å²) in [4.78, 5) is 11.0. The fourth-order valence-electron chi connectivity index (χ4n) is 2.99. The highest BCUT2D eigenvalue weighted by atomic mass is 32.1. The second-order valence-corrected chi connectivity index (χ2v) is 8.04. The van der Waals surface area contributed by atoms with Crippen LogP contribution in [0.15, 0.2) is 23.7 Å². The van der Waals surface area contributed by atoms with Crippen molar-refractivity contribution >= 4 is 27.8 Å². The van der Waals surface area contributed by atoms with Crippen molar-refractivity contribution in [2.75, 3.05) is 25.9 Å². The fourth-order valence-corrected chi connectivity index (χ4v) is 4.49. The molecule has 2 aromatic heterocycles. The number of nitrogen functional groups attached to an aromatic ring is 1. The Hall–Kier alpha value is -1.02. The fraction of sp³-hybridized carbons (Fsp3) is 0.533. The van der Waals surface area contributed by atoms with Gasteiger partial charge in [0.2, 0.25) is 0 Å². The van der Waals surface area contributed by atoms with E-state index in [1.54, 1.807) is 11.3 Å². The lowest BCUT2D eigenvalue weighted by atomic mass is 10.2. The van der Waals surface area contributed by atoms with Crippen LogP contribution < -0.4 is 5.73 Å². The van der Waals surface area contributed by atoms with E-state index in [0.29, 0.717) is 18.1 Å². The number of halogens is 1. The SMILES string of the molecule is CN(Cc1cnc(N)s1)C[C@@H]1C[C@H](F)CN1Cc1cccs1. The Morgan fingerprint density at radius 2 is 2.36 bits per heavy atom. The van der Waals surface area contributed by atoms with Gasteiger partial charge in [-0.25, -0.2) is 9.37 Å². The van der Waals surface area contributed by atoms with Gasteiger partial charge in [0.1, 0.15) is 6.17 Å². The Morgan fingerprint density at radius 3 is 3.05 bits per heavy atom. The quantitative estimate of drug-likeness (QED) is 0.878. The van der Waals surface area contributed by atoms with Gasteiger partial charge >= 0.3 is 0 Å². The highest BCUT2D eigenvalue weighted by Gasteiger charge is 2.32. The number of likely N-dealkylation sites (N-methyl/N-ethyl adjacent to an activating group) is 1. The third-order valence-corrected chi connectivity index (χ3v) is 5.61. The van der Waals surface area contributed by atoms with E-state index in [9.17, 15) is 4.39 Å². The standard InChI is InChI=1S/C15H21FN4S2/c1-19(9-14-6-18-15(17)22-14)8-12-5-11(16)7-20(12)10-13-3-2-4-21-13/h2-4,6,11-12H,5,7-10H2,1H3,(H2,17,18)/t11-,12-/m0/s1. The summed E-state index contributed by atoms with van der Waals surface area (Å²) in [6.45, 7) is 3.08. The molecular formula is C15H21FN4S2. The second-order valence-electron chi connectivity index (χ2n) is 5.86. The first-order chi connectivity index (χ1) is 10.6. The Balaban J connectivity index is 1.57. The zero-order valence-corrected chi connectivity index (χ0v) is 14.2. The third kappa shape index (κ3) is 4.04. The van der Waals surface area contributed by atoms with Crippen molar-refractivity contribution in [1.82, 2.24) is 14.8 Å². The highest BCUT2D eigenvalue weighted by Crippen LogP contribution is 2.25. The Kier molecular flexibility index (Phi) is 5.07. The van der Waals surface area contributed by atoms with E-state index in [-0.39, 0.29) is 6.04 Å². The van der Waals surface area contributed by atoms with E-state index >= 15 is 0 Å². The van der Waals surface area contributed by atoms with Crippen LogP contribution in [0.3, 0.4) is 0 Å². The molecule has 0 radical (unpaired) electrons. The molecule has 0 spiro atoms. The van der Waals surface area contributed by atoms with Gasteiger partial charge < -0.3 is 5.73 Å². The number of thiophene rings is 1. The number of nitrogens with two attached hydrogens (primary N) is 1. The van der Waals surface area contributed by atoms with Gasteiger partial charge in [-0.2, -0.15) is 0 Å². The molecule has 0 amide bonds. The maximum absolute atomic E-state index is 13.9. The maximum atomic E-state index is 13.9. The number of hydrogen-bond acceptors (Lipinski definition) is 6. The second kappa shape index (κ2) is 7.04. The molecule has 1 fully saturated rings.